The second-order valence-electron chi connectivity index (χ2n) is 4.57. The first-order valence-electron chi connectivity index (χ1n) is 6.24. The van der Waals surface area contributed by atoms with Gasteiger partial charge < -0.3 is 9.84 Å². The van der Waals surface area contributed by atoms with Crippen molar-refractivity contribution in [1.82, 2.24) is 0 Å². The summed E-state index contributed by atoms with van der Waals surface area (Å²) in [6, 6.07) is 14.3. The Kier molecular flexibility index (Phi) is 4.64. The van der Waals surface area contributed by atoms with Crippen molar-refractivity contribution < 1.29 is 14.6 Å². The summed E-state index contributed by atoms with van der Waals surface area (Å²) in [5, 5.41) is 9.83. The summed E-state index contributed by atoms with van der Waals surface area (Å²) in [5.41, 5.74) is 1.76. The molecule has 0 spiro atoms. The molecule has 0 aliphatic carbocycles. The minimum Gasteiger partial charge on any atom is -0.492 e. The Morgan fingerprint density at radius 3 is 2.55 bits per heavy atom. The zero-order valence-corrected chi connectivity index (χ0v) is 11.8. The lowest BCUT2D eigenvalue weighted by Crippen LogP contribution is -2.19. The molecule has 0 radical (unpaired) electrons. The van der Waals surface area contributed by atoms with E-state index >= 15 is 0 Å². The van der Waals surface area contributed by atoms with Gasteiger partial charge in [0.05, 0.1) is 0 Å². The second-order valence-corrected chi connectivity index (χ2v) is 5.01. The van der Waals surface area contributed by atoms with Gasteiger partial charge in [-0.15, -0.1) is 0 Å². The van der Waals surface area contributed by atoms with Crippen molar-refractivity contribution in [3.63, 3.8) is 0 Å². The molecule has 1 atom stereocenters. The number of carboxylic acids is 1. The molecule has 0 bridgehead atoms. The molecule has 1 N–H and O–H groups in total. The van der Waals surface area contributed by atoms with Gasteiger partial charge in [0, 0.05) is 5.02 Å². The zero-order chi connectivity index (χ0) is 14.5. The van der Waals surface area contributed by atoms with Crippen LogP contribution in [0.15, 0.2) is 48.5 Å². The zero-order valence-electron chi connectivity index (χ0n) is 11.0. The highest BCUT2D eigenvalue weighted by atomic mass is 35.5. The predicted molar refractivity (Wildman–Crippen MR) is 78.5 cm³/mol. The molecule has 0 saturated heterocycles. The molecular weight excluding hydrogens is 276 g/mol. The molecule has 0 aromatic heterocycles. The van der Waals surface area contributed by atoms with Gasteiger partial charge in [-0.1, -0.05) is 41.4 Å². The van der Waals surface area contributed by atoms with Crippen molar-refractivity contribution in [3.8, 4) is 5.75 Å². The number of benzene rings is 2. The first-order chi connectivity index (χ1) is 9.56. The molecule has 2 rings (SSSR count). The Balaban J connectivity index is 2.10. The highest BCUT2D eigenvalue weighted by molar-refractivity contribution is 6.30. The smallest absolute Gasteiger partial charge is 0.314 e. The molecule has 2 aromatic rings. The van der Waals surface area contributed by atoms with E-state index in [4.69, 9.17) is 16.3 Å². The van der Waals surface area contributed by atoms with E-state index in [9.17, 15) is 9.90 Å². The molecule has 4 heteroatoms. The molecule has 0 aliphatic heterocycles. The Morgan fingerprint density at radius 1 is 1.25 bits per heavy atom. The summed E-state index contributed by atoms with van der Waals surface area (Å²) in [6.07, 6.45) is 0. The lowest BCUT2D eigenvalue weighted by atomic mass is 10.0. The van der Waals surface area contributed by atoms with Crippen molar-refractivity contribution in [3.05, 3.63) is 64.7 Å². The average Bonchev–Trinajstić information content (AvgIpc) is 2.41. The molecule has 20 heavy (non-hydrogen) atoms. The van der Waals surface area contributed by atoms with Gasteiger partial charge in [0.15, 0.2) is 0 Å². The first-order valence-corrected chi connectivity index (χ1v) is 6.62. The van der Waals surface area contributed by atoms with E-state index in [1.165, 1.54) is 0 Å². The Morgan fingerprint density at radius 2 is 1.95 bits per heavy atom. The lowest BCUT2D eigenvalue weighted by molar-refractivity contribution is -0.139. The highest BCUT2D eigenvalue weighted by Crippen LogP contribution is 2.22. The average molecular weight is 291 g/mol. The van der Waals surface area contributed by atoms with Crippen molar-refractivity contribution >= 4 is 17.6 Å². The van der Waals surface area contributed by atoms with E-state index in [1.54, 1.807) is 24.3 Å². The van der Waals surface area contributed by atoms with Crippen LogP contribution in [0.4, 0.5) is 0 Å². The van der Waals surface area contributed by atoms with Gasteiger partial charge in [-0.3, -0.25) is 4.79 Å². The number of aliphatic carboxylic acids is 1. The Hall–Kier alpha value is -2.00. The molecular formula is C16H15ClO3. The third-order valence-corrected chi connectivity index (χ3v) is 3.22. The highest BCUT2D eigenvalue weighted by Gasteiger charge is 2.21. The topological polar surface area (TPSA) is 46.5 Å². The molecule has 2 aromatic carbocycles. The maximum Gasteiger partial charge on any atom is 0.314 e. The van der Waals surface area contributed by atoms with Crippen LogP contribution in [0.1, 0.15) is 17.0 Å². The predicted octanol–water partition coefficient (Wildman–Crippen LogP) is 3.90. The van der Waals surface area contributed by atoms with Gasteiger partial charge in [-0.25, -0.2) is 0 Å². The van der Waals surface area contributed by atoms with Gasteiger partial charge in [-0.05, 0) is 36.8 Å². The molecule has 0 amide bonds. The summed E-state index contributed by atoms with van der Waals surface area (Å²) < 4.78 is 5.55. The van der Waals surface area contributed by atoms with Gasteiger partial charge in [0.25, 0.3) is 0 Å². The monoisotopic (exact) mass is 290 g/mol. The fraction of sp³-hybridized carbons (Fsp3) is 0.188. The van der Waals surface area contributed by atoms with E-state index in [2.05, 4.69) is 0 Å². The van der Waals surface area contributed by atoms with Crippen molar-refractivity contribution in [2.24, 2.45) is 0 Å². The van der Waals surface area contributed by atoms with Crippen molar-refractivity contribution in [2.75, 3.05) is 6.61 Å². The lowest BCUT2D eigenvalue weighted by Gasteiger charge is -2.14. The van der Waals surface area contributed by atoms with Crippen LogP contribution in [0.5, 0.6) is 5.75 Å². The van der Waals surface area contributed by atoms with Crippen LogP contribution in [-0.4, -0.2) is 17.7 Å². The van der Waals surface area contributed by atoms with E-state index in [-0.39, 0.29) is 6.61 Å². The van der Waals surface area contributed by atoms with Crippen LogP contribution in [0.25, 0.3) is 0 Å². The number of carboxylic acid groups (broad SMARTS) is 1. The fourth-order valence-corrected chi connectivity index (χ4v) is 2.05. The number of hydrogen-bond acceptors (Lipinski definition) is 2. The maximum atomic E-state index is 11.4. The Labute approximate surface area is 122 Å². The summed E-state index contributed by atoms with van der Waals surface area (Å²) >= 11 is 5.89. The molecule has 3 nitrogen and oxygen atoms in total. The van der Waals surface area contributed by atoms with Crippen LogP contribution in [-0.2, 0) is 4.79 Å². The van der Waals surface area contributed by atoms with Crippen LogP contribution in [0.3, 0.4) is 0 Å². The standard InChI is InChI=1S/C16H15ClO3/c1-11-5-7-14(8-6-11)20-10-15(16(18)19)12-3-2-4-13(17)9-12/h2-9,15H,10H2,1H3,(H,18,19). The largest absolute Gasteiger partial charge is 0.492 e. The number of hydrogen-bond donors (Lipinski definition) is 1. The summed E-state index contributed by atoms with van der Waals surface area (Å²) in [6.45, 7) is 2.05. The third-order valence-electron chi connectivity index (χ3n) is 2.99. The van der Waals surface area contributed by atoms with E-state index < -0.39 is 11.9 Å². The van der Waals surface area contributed by atoms with Gasteiger partial charge in [0.2, 0.25) is 0 Å². The number of carbonyl (C=O) groups is 1. The first kappa shape index (κ1) is 14.4. The number of ether oxygens (including phenoxy) is 1. The summed E-state index contributed by atoms with van der Waals surface area (Å²) in [4.78, 5) is 11.4. The fourth-order valence-electron chi connectivity index (χ4n) is 1.85. The molecule has 0 heterocycles. The molecule has 1 unspecified atom stereocenters. The van der Waals surface area contributed by atoms with Crippen molar-refractivity contribution in [2.45, 2.75) is 12.8 Å². The number of halogens is 1. The van der Waals surface area contributed by atoms with Gasteiger partial charge in [-0.2, -0.15) is 0 Å². The molecule has 0 saturated carbocycles. The summed E-state index contributed by atoms with van der Waals surface area (Å²) in [5.74, 6) is -1.02. The van der Waals surface area contributed by atoms with Crippen LogP contribution >= 0.6 is 11.6 Å². The maximum absolute atomic E-state index is 11.4. The van der Waals surface area contributed by atoms with E-state index in [1.807, 2.05) is 31.2 Å². The Bertz CT molecular complexity index is 593. The summed E-state index contributed by atoms with van der Waals surface area (Å²) in [7, 11) is 0. The minimum absolute atomic E-state index is 0.0682. The number of rotatable bonds is 5. The van der Waals surface area contributed by atoms with E-state index in [0.717, 1.165) is 5.56 Å². The quantitative estimate of drug-likeness (QED) is 0.908. The van der Waals surface area contributed by atoms with Crippen molar-refractivity contribution in [1.29, 1.82) is 0 Å². The second kappa shape index (κ2) is 6.44. The minimum atomic E-state index is -0.931. The molecule has 104 valence electrons. The van der Waals surface area contributed by atoms with Crippen LogP contribution < -0.4 is 4.74 Å². The van der Waals surface area contributed by atoms with Crippen LogP contribution in [0.2, 0.25) is 5.02 Å². The molecule has 0 aliphatic rings. The number of aryl methyl sites for hydroxylation is 1. The normalized spacial score (nSPS) is 11.9. The molecule has 0 fully saturated rings. The third kappa shape index (κ3) is 3.75. The van der Waals surface area contributed by atoms with E-state index in [0.29, 0.717) is 16.3 Å². The van der Waals surface area contributed by atoms with Gasteiger partial charge in [0.1, 0.15) is 18.3 Å². The SMILES string of the molecule is Cc1ccc(OCC(C(=O)O)c2cccc(Cl)c2)cc1. The van der Waals surface area contributed by atoms with Gasteiger partial charge >= 0.3 is 5.97 Å². The van der Waals surface area contributed by atoms with Crippen LogP contribution in [0, 0.1) is 6.92 Å².